The van der Waals surface area contributed by atoms with Gasteiger partial charge in [-0.1, -0.05) is 24.3 Å². The van der Waals surface area contributed by atoms with E-state index in [1.807, 2.05) is 24.3 Å². The van der Waals surface area contributed by atoms with E-state index in [-0.39, 0.29) is 12.4 Å². The topological polar surface area (TPSA) is 54.4 Å². The molecular formula is C11H16O3S. The first-order valence-corrected chi connectivity index (χ1v) is 6.94. The van der Waals surface area contributed by atoms with Crippen LogP contribution in [0, 0.1) is 0 Å². The van der Waals surface area contributed by atoms with E-state index in [0.717, 1.165) is 11.1 Å². The molecular weight excluding hydrogens is 212 g/mol. The zero-order valence-electron chi connectivity index (χ0n) is 8.81. The van der Waals surface area contributed by atoms with Crippen molar-refractivity contribution in [1.82, 2.24) is 0 Å². The smallest absolute Gasteiger partial charge is 0.147 e. The van der Waals surface area contributed by atoms with Crippen LogP contribution in [0.4, 0.5) is 0 Å². The van der Waals surface area contributed by atoms with E-state index in [0.29, 0.717) is 12.8 Å². The zero-order chi connectivity index (χ0) is 11.3. The summed E-state index contributed by atoms with van der Waals surface area (Å²) in [4.78, 5) is 0. The van der Waals surface area contributed by atoms with Crippen LogP contribution in [-0.2, 0) is 22.7 Å². The molecule has 84 valence electrons. The summed E-state index contributed by atoms with van der Waals surface area (Å²) >= 11 is 0. The van der Waals surface area contributed by atoms with Gasteiger partial charge in [-0.3, -0.25) is 0 Å². The van der Waals surface area contributed by atoms with Gasteiger partial charge in [0, 0.05) is 12.9 Å². The number of aryl methyl sites for hydroxylation is 1. The maximum Gasteiger partial charge on any atom is 0.147 e. The third kappa shape index (κ3) is 4.95. The van der Waals surface area contributed by atoms with Crippen molar-refractivity contribution in [2.75, 3.05) is 18.6 Å². The lowest BCUT2D eigenvalue weighted by molar-refractivity contribution is 0.299. The molecule has 0 aliphatic rings. The molecule has 0 bridgehead atoms. The van der Waals surface area contributed by atoms with E-state index < -0.39 is 9.84 Å². The van der Waals surface area contributed by atoms with Crippen molar-refractivity contribution in [3.63, 3.8) is 0 Å². The van der Waals surface area contributed by atoms with Crippen molar-refractivity contribution in [1.29, 1.82) is 0 Å². The maximum atomic E-state index is 10.9. The Morgan fingerprint density at radius 2 is 1.53 bits per heavy atom. The van der Waals surface area contributed by atoms with Gasteiger partial charge < -0.3 is 5.11 Å². The zero-order valence-corrected chi connectivity index (χ0v) is 9.63. The molecule has 0 unspecified atom stereocenters. The molecule has 0 heterocycles. The summed E-state index contributed by atoms with van der Waals surface area (Å²) in [5.41, 5.74) is 2.09. The Morgan fingerprint density at radius 3 is 1.93 bits per heavy atom. The molecule has 4 heteroatoms. The van der Waals surface area contributed by atoms with Crippen LogP contribution in [0.25, 0.3) is 0 Å². The van der Waals surface area contributed by atoms with Gasteiger partial charge in [-0.05, 0) is 24.0 Å². The van der Waals surface area contributed by atoms with E-state index in [4.69, 9.17) is 5.11 Å². The van der Waals surface area contributed by atoms with Crippen LogP contribution in [0.3, 0.4) is 0 Å². The van der Waals surface area contributed by atoms with Crippen molar-refractivity contribution in [3.05, 3.63) is 35.4 Å². The van der Waals surface area contributed by atoms with Crippen molar-refractivity contribution < 1.29 is 13.5 Å². The summed E-state index contributed by atoms with van der Waals surface area (Å²) in [7, 11) is -2.88. The van der Waals surface area contributed by atoms with Crippen LogP contribution in [0.15, 0.2) is 24.3 Å². The molecule has 0 saturated heterocycles. The van der Waals surface area contributed by atoms with Crippen molar-refractivity contribution in [3.8, 4) is 0 Å². The number of aliphatic hydroxyl groups is 1. The third-order valence-electron chi connectivity index (χ3n) is 2.18. The lowest BCUT2D eigenvalue weighted by atomic mass is 10.1. The van der Waals surface area contributed by atoms with E-state index in [2.05, 4.69) is 0 Å². The van der Waals surface area contributed by atoms with Gasteiger partial charge in [-0.25, -0.2) is 8.42 Å². The minimum Gasteiger partial charge on any atom is -0.396 e. The fourth-order valence-corrected chi connectivity index (χ4v) is 1.91. The summed E-state index contributed by atoms with van der Waals surface area (Å²) in [6.45, 7) is 0.142. The average Bonchev–Trinajstić information content (AvgIpc) is 2.16. The molecule has 0 fully saturated rings. The van der Waals surface area contributed by atoms with Crippen LogP contribution in [-0.4, -0.2) is 32.1 Å². The van der Waals surface area contributed by atoms with Crippen molar-refractivity contribution >= 4 is 9.84 Å². The van der Waals surface area contributed by atoms with Gasteiger partial charge >= 0.3 is 0 Å². The Kier molecular flexibility index (Phi) is 4.29. The Labute approximate surface area is 90.7 Å². The Hall–Kier alpha value is -0.870. The number of benzene rings is 1. The SMILES string of the molecule is CS(=O)(=O)CCc1ccc(CCO)cc1. The summed E-state index contributed by atoms with van der Waals surface area (Å²) in [5, 5.41) is 8.72. The first-order chi connectivity index (χ1) is 7.01. The number of hydrogen-bond acceptors (Lipinski definition) is 3. The summed E-state index contributed by atoms with van der Waals surface area (Å²) < 4.78 is 21.9. The third-order valence-corrected chi connectivity index (χ3v) is 3.13. The van der Waals surface area contributed by atoms with E-state index in [1.165, 1.54) is 6.26 Å². The molecule has 0 radical (unpaired) electrons. The minimum absolute atomic E-state index is 0.142. The maximum absolute atomic E-state index is 10.9. The molecule has 0 spiro atoms. The highest BCUT2D eigenvalue weighted by molar-refractivity contribution is 7.90. The summed E-state index contributed by atoms with van der Waals surface area (Å²) in [6, 6.07) is 7.67. The van der Waals surface area contributed by atoms with Gasteiger partial charge in [0.15, 0.2) is 0 Å². The van der Waals surface area contributed by atoms with Crippen LogP contribution < -0.4 is 0 Å². The second kappa shape index (κ2) is 5.28. The molecule has 0 aromatic heterocycles. The minimum atomic E-state index is -2.88. The molecule has 0 aliphatic carbocycles. The number of sulfone groups is 1. The van der Waals surface area contributed by atoms with Crippen LogP contribution in [0.2, 0.25) is 0 Å². The van der Waals surface area contributed by atoms with Crippen LogP contribution >= 0.6 is 0 Å². The van der Waals surface area contributed by atoms with Crippen LogP contribution in [0.5, 0.6) is 0 Å². The van der Waals surface area contributed by atoms with E-state index >= 15 is 0 Å². The fourth-order valence-electron chi connectivity index (χ4n) is 1.30. The molecule has 0 atom stereocenters. The molecule has 1 aromatic rings. The highest BCUT2D eigenvalue weighted by Gasteiger charge is 2.02. The standard InChI is InChI=1S/C11H16O3S/c1-15(13,14)9-7-11-4-2-10(3-5-11)6-8-12/h2-5,12H,6-9H2,1H3. The molecule has 0 amide bonds. The molecule has 1 rings (SSSR count). The second-order valence-corrected chi connectivity index (χ2v) is 5.93. The number of hydrogen-bond donors (Lipinski definition) is 1. The Bertz CT molecular complexity index is 392. The average molecular weight is 228 g/mol. The Balaban J connectivity index is 2.57. The quantitative estimate of drug-likeness (QED) is 0.811. The van der Waals surface area contributed by atoms with Gasteiger partial charge in [-0.2, -0.15) is 0 Å². The Morgan fingerprint density at radius 1 is 1.07 bits per heavy atom. The normalized spacial score (nSPS) is 11.6. The molecule has 1 aromatic carbocycles. The van der Waals surface area contributed by atoms with Gasteiger partial charge in [0.05, 0.1) is 5.75 Å². The van der Waals surface area contributed by atoms with Crippen LogP contribution in [0.1, 0.15) is 11.1 Å². The van der Waals surface area contributed by atoms with Gasteiger partial charge in [0.1, 0.15) is 9.84 Å². The van der Waals surface area contributed by atoms with E-state index in [9.17, 15) is 8.42 Å². The van der Waals surface area contributed by atoms with Gasteiger partial charge in [-0.15, -0.1) is 0 Å². The fraction of sp³-hybridized carbons (Fsp3) is 0.455. The number of aliphatic hydroxyl groups excluding tert-OH is 1. The highest BCUT2D eigenvalue weighted by Crippen LogP contribution is 2.06. The number of rotatable bonds is 5. The van der Waals surface area contributed by atoms with E-state index in [1.54, 1.807) is 0 Å². The predicted molar refractivity (Wildman–Crippen MR) is 60.6 cm³/mol. The summed E-state index contributed by atoms with van der Waals surface area (Å²) in [6.07, 6.45) is 2.44. The lowest BCUT2D eigenvalue weighted by Crippen LogP contribution is -2.05. The molecule has 0 aliphatic heterocycles. The lowest BCUT2D eigenvalue weighted by Gasteiger charge is -2.02. The first-order valence-electron chi connectivity index (χ1n) is 4.87. The molecule has 1 N–H and O–H groups in total. The van der Waals surface area contributed by atoms with Gasteiger partial charge in [0.25, 0.3) is 0 Å². The highest BCUT2D eigenvalue weighted by atomic mass is 32.2. The second-order valence-electron chi connectivity index (χ2n) is 3.67. The predicted octanol–water partition coefficient (Wildman–Crippen LogP) is 0.808. The molecule has 0 saturated carbocycles. The monoisotopic (exact) mass is 228 g/mol. The molecule has 15 heavy (non-hydrogen) atoms. The van der Waals surface area contributed by atoms with Gasteiger partial charge in [0.2, 0.25) is 0 Å². The molecule has 3 nitrogen and oxygen atoms in total. The first kappa shape index (κ1) is 12.2. The largest absolute Gasteiger partial charge is 0.396 e. The van der Waals surface area contributed by atoms with Crippen molar-refractivity contribution in [2.24, 2.45) is 0 Å². The van der Waals surface area contributed by atoms with Crippen molar-refractivity contribution in [2.45, 2.75) is 12.8 Å². The summed E-state index contributed by atoms with van der Waals surface area (Å²) in [5.74, 6) is 0.187.